The van der Waals surface area contributed by atoms with Crippen LogP contribution in [0.5, 0.6) is 0 Å². The summed E-state index contributed by atoms with van der Waals surface area (Å²) in [6.45, 7) is 17.0. The molecular formula is C36H41BNO2. The van der Waals surface area contributed by atoms with Crippen molar-refractivity contribution in [3.63, 3.8) is 0 Å². The van der Waals surface area contributed by atoms with Crippen molar-refractivity contribution in [2.45, 2.75) is 90.3 Å². The molecule has 4 aromatic carbocycles. The molecule has 4 heteroatoms. The average Bonchev–Trinajstić information content (AvgIpc) is 3.23. The van der Waals surface area contributed by atoms with E-state index in [1.165, 1.54) is 56.5 Å². The first-order chi connectivity index (χ1) is 18.7. The summed E-state index contributed by atoms with van der Waals surface area (Å²) < 4.78 is 8.45. The number of hydrogen-bond donors (Lipinski definition) is 1. The minimum Gasteiger partial charge on any atom is -0.427 e. The van der Waals surface area contributed by atoms with E-state index in [0.717, 1.165) is 11.2 Å². The van der Waals surface area contributed by atoms with Crippen LogP contribution in [-0.2, 0) is 15.5 Å². The van der Waals surface area contributed by atoms with E-state index in [1.54, 1.807) is 21.3 Å². The van der Waals surface area contributed by atoms with Gasteiger partial charge in [0.05, 0.1) is 22.2 Å². The molecule has 1 radical (unpaired) electrons. The summed E-state index contributed by atoms with van der Waals surface area (Å²) >= 11 is 0. The van der Waals surface area contributed by atoms with Crippen LogP contribution in [0.25, 0.3) is 38.3 Å². The number of aliphatic hydroxyl groups is 1. The third kappa shape index (κ3) is 4.28. The van der Waals surface area contributed by atoms with Crippen molar-refractivity contribution in [1.29, 1.82) is 0 Å². The second-order valence-electron chi connectivity index (χ2n) is 14.1. The van der Waals surface area contributed by atoms with Gasteiger partial charge in [-0.15, -0.1) is 0 Å². The van der Waals surface area contributed by atoms with Crippen molar-refractivity contribution in [3.05, 3.63) is 83.9 Å². The quantitative estimate of drug-likeness (QED) is 0.233. The molecule has 0 unspecified atom stereocenters. The van der Waals surface area contributed by atoms with Gasteiger partial charge >= 0.3 is 7.48 Å². The van der Waals surface area contributed by atoms with Gasteiger partial charge in [-0.1, -0.05) is 75.6 Å². The fourth-order valence-corrected chi connectivity index (χ4v) is 6.19. The first-order valence-corrected chi connectivity index (χ1v) is 14.5. The maximum Gasteiger partial charge on any atom is 0.330 e. The fourth-order valence-electron chi connectivity index (χ4n) is 6.19. The fraction of sp³-hybridized carbons (Fsp3) is 0.389. The summed E-state index contributed by atoms with van der Waals surface area (Å²) in [6, 6.07) is 26.8. The molecule has 0 bridgehead atoms. The zero-order chi connectivity index (χ0) is 28.7. The molecule has 0 fully saturated rings. The standard InChI is InChI=1S/C36H41BNO2/c1-33(2)19-20-34(3,4)29-22-31-27(21-28(29)33)32-26-12-10-9-11-23(26)13-18-30(32)38(31)25-16-14-24(15-17-25)37-40-36(7,8)35(5,6)39/h9-18,21-22,39H,19-20H2,1-8H3. The Kier molecular flexibility index (Phi) is 6.07. The Bertz CT molecular complexity index is 1750. The zero-order valence-electron chi connectivity index (χ0n) is 25.2. The van der Waals surface area contributed by atoms with Crippen molar-refractivity contribution >= 4 is 45.5 Å². The van der Waals surface area contributed by atoms with Gasteiger partial charge in [-0.2, -0.15) is 0 Å². The van der Waals surface area contributed by atoms with Crippen LogP contribution in [0.3, 0.4) is 0 Å². The van der Waals surface area contributed by atoms with Crippen molar-refractivity contribution in [2.75, 3.05) is 0 Å². The summed E-state index contributed by atoms with van der Waals surface area (Å²) in [5.74, 6) is 0. The first kappa shape index (κ1) is 27.1. The van der Waals surface area contributed by atoms with Crippen LogP contribution in [0.2, 0.25) is 0 Å². The SMILES string of the molecule is CC1(C)CCC(C)(C)c2cc3c(cc21)c1c2ccccc2ccc1n3-c1ccc([B]OC(C)(C)C(C)(C)O)cc1. The summed E-state index contributed by atoms with van der Waals surface area (Å²) in [5, 5.41) is 15.7. The lowest BCUT2D eigenvalue weighted by atomic mass is 9.63. The van der Waals surface area contributed by atoms with Crippen LogP contribution >= 0.6 is 0 Å². The van der Waals surface area contributed by atoms with Gasteiger partial charge < -0.3 is 14.3 Å². The molecule has 1 aliphatic rings. The lowest BCUT2D eigenvalue weighted by molar-refractivity contribution is -0.0893. The lowest BCUT2D eigenvalue weighted by Crippen LogP contribution is -2.49. The Morgan fingerprint density at radius 2 is 1.38 bits per heavy atom. The van der Waals surface area contributed by atoms with Crippen LogP contribution < -0.4 is 5.46 Å². The second kappa shape index (κ2) is 8.96. The third-order valence-corrected chi connectivity index (χ3v) is 9.74. The van der Waals surface area contributed by atoms with Gasteiger partial charge in [0.1, 0.15) is 0 Å². The largest absolute Gasteiger partial charge is 0.427 e. The highest BCUT2D eigenvalue weighted by atomic mass is 16.5. The normalized spacial score (nSPS) is 16.9. The van der Waals surface area contributed by atoms with Gasteiger partial charge in [0.25, 0.3) is 0 Å². The Morgan fingerprint density at radius 1 is 0.750 bits per heavy atom. The smallest absolute Gasteiger partial charge is 0.330 e. The second-order valence-corrected chi connectivity index (χ2v) is 14.1. The van der Waals surface area contributed by atoms with E-state index >= 15 is 0 Å². The molecule has 1 heterocycles. The van der Waals surface area contributed by atoms with E-state index in [0.29, 0.717) is 0 Å². The van der Waals surface area contributed by atoms with Gasteiger partial charge in [-0.3, -0.25) is 0 Å². The Labute approximate surface area is 239 Å². The molecule has 0 aliphatic heterocycles. The van der Waals surface area contributed by atoms with Gasteiger partial charge in [0.2, 0.25) is 0 Å². The topological polar surface area (TPSA) is 34.4 Å². The van der Waals surface area contributed by atoms with E-state index in [2.05, 4.69) is 105 Å². The van der Waals surface area contributed by atoms with Crippen molar-refractivity contribution in [1.82, 2.24) is 4.57 Å². The summed E-state index contributed by atoms with van der Waals surface area (Å²) in [6.07, 6.45) is 2.38. The Balaban J connectivity index is 1.56. The summed E-state index contributed by atoms with van der Waals surface area (Å²) in [7, 11) is 1.75. The Hall–Kier alpha value is -3.08. The molecule has 0 amide bonds. The van der Waals surface area contributed by atoms with Gasteiger partial charge in [-0.05, 0) is 104 Å². The summed E-state index contributed by atoms with van der Waals surface area (Å²) in [4.78, 5) is 0. The van der Waals surface area contributed by atoms with Crippen molar-refractivity contribution in [2.24, 2.45) is 0 Å². The average molecular weight is 531 g/mol. The lowest BCUT2D eigenvalue weighted by Gasteiger charge is -2.42. The molecule has 1 N–H and O–H groups in total. The summed E-state index contributed by atoms with van der Waals surface area (Å²) in [5.41, 5.74) is 6.13. The van der Waals surface area contributed by atoms with E-state index < -0.39 is 11.2 Å². The van der Waals surface area contributed by atoms with Crippen molar-refractivity contribution < 1.29 is 9.76 Å². The van der Waals surface area contributed by atoms with Gasteiger partial charge in [0.15, 0.2) is 0 Å². The van der Waals surface area contributed by atoms with Gasteiger partial charge in [-0.25, -0.2) is 0 Å². The molecule has 40 heavy (non-hydrogen) atoms. The number of benzene rings is 4. The molecule has 1 aromatic heterocycles. The highest BCUT2D eigenvalue weighted by Gasteiger charge is 2.38. The zero-order valence-corrected chi connectivity index (χ0v) is 25.2. The molecule has 0 spiro atoms. The minimum atomic E-state index is -0.962. The van der Waals surface area contributed by atoms with Gasteiger partial charge in [0, 0.05) is 16.5 Å². The number of nitrogens with zero attached hydrogens (tertiary/aromatic N) is 1. The maximum absolute atomic E-state index is 10.5. The van der Waals surface area contributed by atoms with Crippen LogP contribution in [0.4, 0.5) is 0 Å². The predicted octanol–water partition coefficient (Wildman–Crippen LogP) is 8.10. The first-order valence-electron chi connectivity index (χ1n) is 14.5. The molecule has 3 nitrogen and oxygen atoms in total. The maximum atomic E-state index is 10.5. The number of hydrogen-bond acceptors (Lipinski definition) is 2. The number of aromatic nitrogens is 1. The van der Waals surface area contributed by atoms with E-state index in [1.807, 2.05) is 13.8 Å². The van der Waals surface area contributed by atoms with Crippen molar-refractivity contribution in [3.8, 4) is 5.69 Å². The number of rotatable bonds is 5. The molecule has 6 rings (SSSR count). The van der Waals surface area contributed by atoms with E-state index in [9.17, 15) is 5.11 Å². The highest BCUT2D eigenvalue weighted by molar-refractivity contribution is 6.47. The highest BCUT2D eigenvalue weighted by Crippen LogP contribution is 2.49. The molecule has 205 valence electrons. The minimum absolute atomic E-state index is 0.131. The molecule has 0 saturated heterocycles. The monoisotopic (exact) mass is 530 g/mol. The molecule has 5 aromatic rings. The molecule has 0 atom stereocenters. The number of fused-ring (bicyclic) bond motifs is 6. The third-order valence-electron chi connectivity index (χ3n) is 9.74. The molecular weight excluding hydrogens is 489 g/mol. The molecule has 1 aliphatic carbocycles. The van der Waals surface area contributed by atoms with Crippen LogP contribution in [-0.4, -0.2) is 28.4 Å². The van der Waals surface area contributed by atoms with E-state index in [4.69, 9.17) is 4.65 Å². The van der Waals surface area contributed by atoms with Crippen LogP contribution in [0.1, 0.15) is 79.4 Å². The Morgan fingerprint density at radius 3 is 2.02 bits per heavy atom. The molecule has 0 saturated carbocycles. The van der Waals surface area contributed by atoms with Crippen LogP contribution in [0.15, 0.2) is 72.8 Å². The van der Waals surface area contributed by atoms with E-state index in [-0.39, 0.29) is 10.8 Å². The van der Waals surface area contributed by atoms with Crippen LogP contribution in [0, 0.1) is 0 Å². The predicted molar refractivity (Wildman–Crippen MR) is 170 cm³/mol.